The van der Waals surface area contributed by atoms with Crippen LogP contribution in [0.1, 0.15) is 6.42 Å². The van der Waals surface area contributed by atoms with Gasteiger partial charge in [-0.25, -0.2) is 8.42 Å². The fourth-order valence-corrected chi connectivity index (χ4v) is 4.45. The summed E-state index contributed by atoms with van der Waals surface area (Å²) >= 11 is 0. The number of benzene rings is 1. The van der Waals surface area contributed by atoms with Crippen LogP contribution < -0.4 is 0 Å². The number of ether oxygens (including phenoxy) is 2. The van der Waals surface area contributed by atoms with Crippen LogP contribution in [-0.4, -0.2) is 74.8 Å². The van der Waals surface area contributed by atoms with Crippen molar-refractivity contribution < 1.29 is 22.8 Å². The van der Waals surface area contributed by atoms with Gasteiger partial charge in [0.15, 0.2) is 0 Å². The standard InChI is InChI=1S/C15H21N3O6S/c19-18(20)13-2-1-3-15(10-13)25(21,22)17-7-5-16(6-8-17)11-14-4-9-23-12-24-14/h1-3,10,14H,4-9,11-12H2/t14-/m1/s1. The van der Waals surface area contributed by atoms with Gasteiger partial charge in [-0.3, -0.25) is 15.0 Å². The minimum absolute atomic E-state index is 0.0390. The molecule has 0 saturated carbocycles. The Morgan fingerprint density at radius 3 is 2.64 bits per heavy atom. The average molecular weight is 371 g/mol. The van der Waals surface area contributed by atoms with E-state index in [1.807, 2.05) is 0 Å². The molecule has 0 spiro atoms. The highest BCUT2D eigenvalue weighted by Crippen LogP contribution is 2.22. The van der Waals surface area contributed by atoms with Gasteiger partial charge >= 0.3 is 0 Å². The van der Waals surface area contributed by atoms with Crippen molar-refractivity contribution in [2.75, 3.05) is 46.1 Å². The van der Waals surface area contributed by atoms with Crippen LogP contribution in [-0.2, 0) is 19.5 Å². The van der Waals surface area contributed by atoms with E-state index >= 15 is 0 Å². The summed E-state index contributed by atoms with van der Waals surface area (Å²) < 4.78 is 37.5. The lowest BCUT2D eigenvalue weighted by Crippen LogP contribution is -2.51. The van der Waals surface area contributed by atoms with Gasteiger partial charge in [0.1, 0.15) is 6.79 Å². The van der Waals surface area contributed by atoms with Crippen molar-refractivity contribution in [3.8, 4) is 0 Å². The van der Waals surface area contributed by atoms with Gasteiger partial charge in [0.2, 0.25) is 10.0 Å². The summed E-state index contributed by atoms with van der Waals surface area (Å²) in [6, 6.07) is 5.18. The van der Waals surface area contributed by atoms with Crippen LogP contribution in [0.3, 0.4) is 0 Å². The van der Waals surface area contributed by atoms with Gasteiger partial charge < -0.3 is 9.47 Å². The lowest BCUT2D eigenvalue weighted by atomic mass is 10.2. The van der Waals surface area contributed by atoms with E-state index in [0.29, 0.717) is 39.6 Å². The third-order valence-electron chi connectivity index (χ3n) is 4.43. The van der Waals surface area contributed by atoms with E-state index in [4.69, 9.17) is 9.47 Å². The minimum atomic E-state index is -3.72. The van der Waals surface area contributed by atoms with Gasteiger partial charge in [-0.15, -0.1) is 0 Å². The second-order valence-corrected chi connectivity index (χ2v) is 8.00. The Labute approximate surface area is 146 Å². The maximum atomic E-state index is 12.7. The van der Waals surface area contributed by atoms with Crippen LogP contribution >= 0.6 is 0 Å². The molecule has 2 aliphatic heterocycles. The predicted molar refractivity (Wildman–Crippen MR) is 88.6 cm³/mol. The molecule has 0 aliphatic carbocycles. The molecule has 0 amide bonds. The lowest BCUT2D eigenvalue weighted by molar-refractivity contribution is -0.385. The van der Waals surface area contributed by atoms with Crippen molar-refractivity contribution in [1.82, 2.24) is 9.21 Å². The molecule has 2 aliphatic rings. The first-order valence-electron chi connectivity index (χ1n) is 8.13. The molecule has 25 heavy (non-hydrogen) atoms. The zero-order chi connectivity index (χ0) is 17.9. The number of nitrogens with zero attached hydrogens (tertiary/aromatic N) is 3. The molecule has 1 aromatic rings. The number of nitro benzene ring substituents is 1. The van der Waals surface area contributed by atoms with Crippen molar-refractivity contribution >= 4 is 15.7 Å². The quantitative estimate of drug-likeness (QED) is 0.553. The van der Waals surface area contributed by atoms with E-state index in [-0.39, 0.29) is 16.7 Å². The molecule has 2 heterocycles. The second-order valence-electron chi connectivity index (χ2n) is 6.06. The number of hydrogen-bond donors (Lipinski definition) is 0. The van der Waals surface area contributed by atoms with Crippen molar-refractivity contribution in [3.05, 3.63) is 34.4 Å². The predicted octanol–water partition coefficient (Wildman–Crippen LogP) is 0.664. The van der Waals surface area contributed by atoms with E-state index in [9.17, 15) is 18.5 Å². The molecule has 10 heteroatoms. The molecule has 2 saturated heterocycles. The van der Waals surface area contributed by atoms with Gasteiger partial charge in [0.05, 0.1) is 22.5 Å². The Morgan fingerprint density at radius 1 is 1.24 bits per heavy atom. The summed E-state index contributed by atoms with van der Waals surface area (Å²) in [6.45, 7) is 3.68. The normalized spacial score (nSPS) is 23.4. The Morgan fingerprint density at radius 2 is 2.00 bits per heavy atom. The van der Waals surface area contributed by atoms with Crippen molar-refractivity contribution in [2.24, 2.45) is 0 Å². The van der Waals surface area contributed by atoms with Crippen LogP contribution in [0, 0.1) is 10.1 Å². The summed E-state index contributed by atoms with van der Waals surface area (Å²) in [5.41, 5.74) is -0.226. The fourth-order valence-electron chi connectivity index (χ4n) is 2.99. The van der Waals surface area contributed by atoms with Crippen LogP contribution in [0.2, 0.25) is 0 Å². The molecule has 0 unspecified atom stereocenters. The van der Waals surface area contributed by atoms with Crippen molar-refractivity contribution in [1.29, 1.82) is 0 Å². The molecule has 0 N–H and O–H groups in total. The molecule has 0 bridgehead atoms. The second kappa shape index (κ2) is 7.75. The number of piperazine rings is 1. The third kappa shape index (κ3) is 4.33. The molecular formula is C15H21N3O6S. The summed E-state index contributed by atoms with van der Waals surface area (Å²) in [5, 5.41) is 10.9. The molecule has 3 rings (SSSR count). The minimum Gasteiger partial charge on any atom is -0.355 e. The number of hydrogen-bond acceptors (Lipinski definition) is 7. The smallest absolute Gasteiger partial charge is 0.270 e. The number of sulfonamides is 1. The highest BCUT2D eigenvalue weighted by atomic mass is 32.2. The van der Waals surface area contributed by atoms with E-state index in [2.05, 4.69) is 4.90 Å². The maximum Gasteiger partial charge on any atom is 0.270 e. The summed E-state index contributed by atoms with van der Waals surface area (Å²) in [7, 11) is -3.72. The molecule has 9 nitrogen and oxygen atoms in total. The molecule has 0 radical (unpaired) electrons. The zero-order valence-corrected chi connectivity index (χ0v) is 14.6. The monoisotopic (exact) mass is 371 g/mol. The molecular weight excluding hydrogens is 350 g/mol. The van der Waals surface area contributed by atoms with Crippen LogP contribution in [0.4, 0.5) is 5.69 Å². The zero-order valence-electron chi connectivity index (χ0n) is 13.7. The number of rotatable bonds is 5. The van der Waals surface area contributed by atoms with Gasteiger partial charge in [-0.2, -0.15) is 4.31 Å². The van der Waals surface area contributed by atoms with Crippen molar-refractivity contribution in [3.63, 3.8) is 0 Å². The highest BCUT2D eigenvalue weighted by molar-refractivity contribution is 7.89. The molecule has 138 valence electrons. The highest BCUT2D eigenvalue weighted by Gasteiger charge is 2.30. The Kier molecular flexibility index (Phi) is 5.64. The SMILES string of the molecule is O=[N+]([O-])c1cccc(S(=O)(=O)N2CCN(C[C@H]3CCOCO3)CC2)c1. The van der Waals surface area contributed by atoms with Gasteiger partial charge in [-0.05, 0) is 12.5 Å². The lowest BCUT2D eigenvalue weighted by Gasteiger charge is -2.36. The largest absolute Gasteiger partial charge is 0.355 e. The van der Waals surface area contributed by atoms with E-state index < -0.39 is 14.9 Å². The molecule has 1 atom stereocenters. The summed E-state index contributed by atoms with van der Waals surface area (Å²) in [5.74, 6) is 0. The number of nitro groups is 1. The molecule has 1 aromatic carbocycles. The van der Waals surface area contributed by atoms with Gasteiger partial charge in [-0.1, -0.05) is 6.07 Å². The Bertz CT molecular complexity index is 712. The summed E-state index contributed by atoms with van der Waals surface area (Å²) in [6.07, 6.45) is 0.959. The van der Waals surface area contributed by atoms with E-state index in [0.717, 1.165) is 19.0 Å². The average Bonchev–Trinajstić information content (AvgIpc) is 2.63. The Hall–Kier alpha value is -1.59. The number of non-ortho nitro benzene ring substituents is 1. The van der Waals surface area contributed by atoms with Crippen LogP contribution in [0.15, 0.2) is 29.2 Å². The fraction of sp³-hybridized carbons (Fsp3) is 0.600. The molecule has 0 aromatic heterocycles. The first kappa shape index (κ1) is 18.2. The first-order valence-corrected chi connectivity index (χ1v) is 9.57. The van der Waals surface area contributed by atoms with Crippen LogP contribution in [0.5, 0.6) is 0 Å². The van der Waals surface area contributed by atoms with Crippen LogP contribution in [0.25, 0.3) is 0 Å². The van der Waals surface area contributed by atoms with E-state index in [1.54, 1.807) is 0 Å². The maximum absolute atomic E-state index is 12.7. The van der Waals surface area contributed by atoms with E-state index in [1.165, 1.54) is 22.5 Å². The topological polar surface area (TPSA) is 102 Å². The first-order chi connectivity index (χ1) is 12.0. The van der Waals surface area contributed by atoms with Gasteiger partial charge in [0, 0.05) is 44.9 Å². The third-order valence-corrected chi connectivity index (χ3v) is 6.33. The Balaban J connectivity index is 1.61. The van der Waals surface area contributed by atoms with Crippen molar-refractivity contribution in [2.45, 2.75) is 17.4 Å². The molecule has 2 fully saturated rings. The summed E-state index contributed by atoms with van der Waals surface area (Å²) in [4.78, 5) is 12.4. The van der Waals surface area contributed by atoms with Gasteiger partial charge in [0.25, 0.3) is 5.69 Å².